The summed E-state index contributed by atoms with van der Waals surface area (Å²) in [7, 11) is 0. The van der Waals surface area contributed by atoms with Gasteiger partial charge in [-0.25, -0.2) is 0 Å². The Balaban J connectivity index is 1.95. The SMILES string of the molecule is Cc1ccc(CN2CCN(C(C)C)CC2=O)cc1. The molecule has 1 aromatic rings. The molecule has 1 aromatic carbocycles. The molecule has 0 unspecified atom stereocenters. The summed E-state index contributed by atoms with van der Waals surface area (Å²) >= 11 is 0. The molecule has 18 heavy (non-hydrogen) atoms. The van der Waals surface area contributed by atoms with Crippen molar-refractivity contribution < 1.29 is 4.79 Å². The van der Waals surface area contributed by atoms with Crippen LogP contribution in [0.3, 0.4) is 0 Å². The number of aryl methyl sites for hydroxylation is 1. The number of carbonyl (C=O) groups is 1. The zero-order valence-corrected chi connectivity index (χ0v) is 11.5. The lowest BCUT2D eigenvalue weighted by molar-refractivity contribution is -0.137. The second kappa shape index (κ2) is 5.53. The molecule has 1 amide bonds. The molecule has 1 heterocycles. The zero-order valence-electron chi connectivity index (χ0n) is 11.5. The number of amides is 1. The Morgan fingerprint density at radius 3 is 2.39 bits per heavy atom. The van der Waals surface area contributed by atoms with Gasteiger partial charge in [0.15, 0.2) is 0 Å². The first-order chi connectivity index (χ1) is 8.56. The van der Waals surface area contributed by atoms with Crippen LogP contribution in [-0.4, -0.2) is 41.4 Å². The highest BCUT2D eigenvalue weighted by atomic mass is 16.2. The quantitative estimate of drug-likeness (QED) is 0.815. The number of hydrogen-bond donors (Lipinski definition) is 0. The van der Waals surface area contributed by atoms with Crippen LogP contribution >= 0.6 is 0 Å². The van der Waals surface area contributed by atoms with E-state index in [0.717, 1.165) is 19.6 Å². The summed E-state index contributed by atoms with van der Waals surface area (Å²) in [4.78, 5) is 16.3. The van der Waals surface area contributed by atoms with Gasteiger partial charge in [-0.2, -0.15) is 0 Å². The first-order valence-corrected chi connectivity index (χ1v) is 6.63. The van der Waals surface area contributed by atoms with Crippen LogP contribution in [0.5, 0.6) is 0 Å². The van der Waals surface area contributed by atoms with E-state index in [4.69, 9.17) is 0 Å². The molecule has 0 aromatic heterocycles. The van der Waals surface area contributed by atoms with E-state index in [1.165, 1.54) is 11.1 Å². The molecule has 2 rings (SSSR count). The summed E-state index contributed by atoms with van der Waals surface area (Å²) < 4.78 is 0. The minimum Gasteiger partial charge on any atom is -0.336 e. The van der Waals surface area contributed by atoms with E-state index in [-0.39, 0.29) is 5.91 Å². The third-order valence-electron chi connectivity index (χ3n) is 3.57. The Bertz CT molecular complexity index is 411. The average Bonchev–Trinajstić information content (AvgIpc) is 2.34. The fourth-order valence-electron chi connectivity index (χ4n) is 2.25. The maximum absolute atomic E-state index is 12.1. The molecule has 1 aliphatic rings. The number of hydrogen-bond acceptors (Lipinski definition) is 2. The average molecular weight is 246 g/mol. The molecule has 0 saturated carbocycles. The van der Waals surface area contributed by atoms with Crippen molar-refractivity contribution in [2.75, 3.05) is 19.6 Å². The fraction of sp³-hybridized carbons (Fsp3) is 0.533. The highest BCUT2D eigenvalue weighted by Gasteiger charge is 2.25. The van der Waals surface area contributed by atoms with Crippen molar-refractivity contribution >= 4 is 5.91 Å². The van der Waals surface area contributed by atoms with Gasteiger partial charge in [0, 0.05) is 25.7 Å². The van der Waals surface area contributed by atoms with Crippen molar-refractivity contribution in [2.45, 2.75) is 33.4 Å². The molecule has 0 atom stereocenters. The molecule has 0 bridgehead atoms. The smallest absolute Gasteiger partial charge is 0.237 e. The highest BCUT2D eigenvalue weighted by Crippen LogP contribution is 2.12. The fourth-order valence-corrected chi connectivity index (χ4v) is 2.25. The predicted octanol–water partition coefficient (Wildman–Crippen LogP) is 2.05. The molecule has 3 nitrogen and oxygen atoms in total. The van der Waals surface area contributed by atoms with Crippen LogP contribution in [0, 0.1) is 6.92 Å². The maximum atomic E-state index is 12.1. The second-order valence-electron chi connectivity index (χ2n) is 5.37. The molecule has 0 radical (unpaired) electrons. The molecule has 1 fully saturated rings. The second-order valence-corrected chi connectivity index (χ2v) is 5.37. The lowest BCUT2D eigenvalue weighted by Crippen LogP contribution is -2.51. The van der Waals surface area contributed by atoms with E-state index in [9.17, 15) is 4.79 Å². The van der Waals surface area contributed by atoms with Crippen molar-refractivity contribution in [1.29, 1.82) is 0 Å². The molecular formula is C15H22N2O. The molecular weight excluding hydrogens is 224 g/mol. The Morgan fingerprint density at radius 2 is 1.83 bits per heavy atom. The van der Waals surface area contributed by atoms with Crippen LogP contribution < -0.4 is 0 Å². The minimum atomic E-state index is 0.246. The lowest BCUT2D eigenvalue weighted by Gasteiger charge is -2.36. The summed E-state index contributed by atoms with van der Waals surface area (Å²) in [5, 5.41) is 0. The van der Waals surface area contributed by atoms with Gasteiger partial charge in [-0.05, 0) is 26.3 Å². The summed E-state index contributed by atoms with van der Waals surface area (Å²) in [5.74, 6) is 0.246. The van der Waals surface area contributed by atoms with Gasteiger partial charge in [-0.15, -0.1) is 0 Å². The van der Waals surface area contributed by atoms with E-state index in [2.05, 4.69) is 49.9 Å². The monoisotopic (exact) mass is 246 g/mol. The van der Waals surface area contributed by atoms with E-state index < -0.39 is 0 Å². The normalized spacial score (nSPS) is 17.6. The molecule has 0 spiro atoms. The first kappa shape index (κ1) is 13.1. The number of nitrogens with zero attached hydrogens (tertiary/aromatic N) is 2. The van der Waals surface area contributed by atoms with E-state index in [0.29, 0.717) is 12.6 Å². The van der Waals surface area contributed by atoms with E-state index in [1.807, 2.05) is 4.90 Å². The van der Waals surface area contributed by atoms with Gasteiger partial charge in [0.05, 0.1) is 6.54 Å². The van der Waals surface area contributed by atoms with Crippen molar-refractivity contribution in [3.63, 3.8) is 0 Å². The van der Waals surface area contributed by atoms with Gasteiger partial charge in [0.25, 0.3) is 0 Å². The standard InChI is InChI=1S/C15H22N2O/c1-12(2)16-8-9-17(15(18)11-16)10-14-6-4-13(3)5-7-14/h4-7,12H,8-11H2,1-3H3. The maximum Gasteiger partial charge on any atom is 0.237 e. The van der Waals surface area contributed by atoms with Gasteiger partial charge in [0.2, 0.25) is 5.91 Å². The third kappa shape index (κ3) is 3.10. The van der Waals surface area contributed by atoms with Crippen molar-refractivity contribution in [2.24, 2.45) is 0 Å². The van der Waals surface area contributed by atoms with Gasteiger partial charge in [0.1, 0.15) is 0 Å². The summed E-state index contributed by atoms with van der Waals surface area (Å²) in [6.07, 6.45) is 0. The van der Waals surface area contributed by atoms with E-state index >= 15 is 0 Å². The molecule has 3 heteroatoms. The number of carbonyl (C=O) groups excluding carboxylic acids is 1. The van der Waals surface area contributed by atoms with Crippen LogP contribution in [0.25, 0.3) is 0 Å². The largest absolute Gasteiger partial charge is 0.336 e. The Labute approximate surface area is 109 Å². The molecule has 1 aliphatic heterocycles. The topological polar surface area (TPSA) is 23.6 Å². The molecule has 0 N–H and O–H groups in total. The summed E-state index contributed by atoms with van der Waals surface area (Å²) in [6, 6.07) is 8.87. The van der Waals surface area contributed by atoms with Gasteiger partial charge in [-0.3, -0.25) is 9.69 Å². The van der Waals surface area contributed by atoms with Crippen LogP contribution in [0.4, 0.5) is 0 Å². The Kier molecular flexibility index (Phi) is 4.02. The molecule has 1 saturated heterocycles. The van der Waals surface area contributed by atoms with Crippen LogP contribution in [0.2, 0.25) is 0 Å². The number of benzene rings is 1. The van der Waals surface area contributed by atoms with E-state index in [1.54, 1.807) is 0 Å². The van der Waals surface area contributed by atoms with Crippen LogP contribution in [0.15, 0.2) is 24.3 Å². The summed E-state index contributed by atoms with van der Waals surface area (Å²) in [5.41, 5.74) is 2.47. The minimum absolute atomic E-state index is 0.246. The number of piperazine rings is 1. The first-order valence-electron chi connectivity index (χ1n) is 6.63. The van der Waals surface area contributed by atoms with Crippen molar-refractivity contribution in [1.82, 2.24) is 9.80 Å². The van der Waals surface area contributed by atoms with Gasteiger partial charge < -0.3 is 4.90 Å². The van der Waals surface area contributed by atoms with Crippen molar-refractivity contribution in [3.05, 3.63) is 35.4 Å². The predicted molar refractivity (Wildman–Crippen MR) is 73.3 cm³/mol. The Hall–Kier alpha value is -1.35. The highest BCUT2D eigenvalue weighted by molar-refractivity contribution is 5.79. The van der Waals surface area contributed by atoms with Gasteiger partial charge >= 0.3 is 0 Å². The van der Waals surface area contributed by atoms with Gasteiger partial charge in [-0.1, -0.05) is 29.8 Å². The van der Waals surface area contributed by atoms with Crippen molar-refractivity contribution in [3.8, 4) is 0 Å². The Morgan fingerprint density at radius 1 is 1.17 bits per heavy atom. The summed E-state index contributed by atoms with van der Waals surface area (Å²) in [6.45, 7) is 9.48. The molecule has 0 aliphatic carbocycles. The third-order valence-corrected chi connectivity index (χ3v) is 3.57. The lowest BCUT2D eigenvalue weighted by atomic mass is 10.1. The van der Waals surface area contributed by atoms with Crippen LogP contribution in [0.1, 0.15) is 25.0 Å². The zero-order chi connectivity index (χ0) is 13.1. The number of rotatable bonds is 3. The molecule has 98 valence electrons. The van der Waals surface area contributed by atoms with Crippen LogP contribution in [-0.2, 0) is 11.3 Å².